The van der Waals surface area contributed by atoms with Crippen molar-refractivity contribution in [2.24, 2.45) is 0 Å². The van der Waals surface area contributed by atoms with Crippen LogP contribution in [0.25, 0.3) is 6.08 Å². The maximum absolute atomic E-state index is 11.9. The fraction of sp³-hybridized carbons (Fsp3) is 0.158. The third-order valence-corrected chi connectivity index (χ3v) is 3.45. The molecule has 0 aliphatic carbocycles. The van der Waals surface area contributed by atoms with E-state index in [9.17, 15) is 9.59 Å². The summed E-state index contributed by atoms with van der Waals surface area (Å²) in [5, 5.41) is 0. The summed E-state index contributed by atoms with van der Waals surface area (Å²) in [7, 11) is 0. The monoisotopic (exact) mass is 308 g/mol. The average molecular weight is 308 g/mol. The van der Waals surface area contributed by atoms with Crippen molar-refractivity contribution in [2.45, 2.75) is 20.8 Å². The normalized spacial score (nSPS) is 10.6. The molecule has 2 rings (SSSR count). The Morgan fingerprint density at radius 3 is 2.17 bits per heavy atom. The van der Waals surface area contributed by atoms with Crippen LogP contribution in [0.1, 0.15) is 32.6 Å². The van der Waals surface area contributed by atoms with Crippen LogP contribution in [0.3, 0.4) is 0 Å². The molecule has 0 atom stereocenters. The molecule has 0 bridgehead atoms. The van der Waals surface area contributed by atoms with E-state index in [1.165, 1.54) is 11.6 Å². The predicted molar refractivity (Wildman–Crippen MR) is 91.7 cm³/mol. The Kier molecular flexibility index (Phi) is 5.31. The molecule has 0 aliphatic heterocycles. The lowest BCUT2D eigenvalue weighted by Gasteiger charge is -2.06. The maximum Gasteiger partial charge on any atom is 0.269 e. The van der Waals surface area contributed by atoms with Crippen molar-refractivity contribution in [1.82, 2.24) is 10.9 Å². The molecule has 2 aromatic carbocycles. The summed E-state index contributed by atoms with van der Waals surface area (Å²) in [6.07, 6.45) is 3.12. The first kappa shape index (κ1) is 16.5. The SMILES string of the molecule is Cc1ccc(C(=O)NNC(=O)/C=C/c2ccc(C)cc2C)cc1. The highest BCUT2D eigenvalue weighted by Crippen LogP contribution is 2.11. The van der Waals surface area contributed by atoms with E-state index < -0.39 is 0 Å². The summed E-state index contributed by atoms with van der Waals surface area (Å²) in [5.74, 6) is -0.733. The number of hydrogen-bond acceptors (Lipinski definition) is 2. The van der Waals surface area contributed by atoms with Crippen molar-refractivity contribution in [1.29, 1.82) is 0 Å². The summed E-state index contributed by atoms with van der Waals surface area (Å²) in [5.41, 5.74) is 9.56. The van der Waals surface area contributed by atoms with Crippen molar-refractivity contribution in [3.8, 4) is 0 Å². The minimum atomic E-state index is -0.384. The fourth-order valence-corrected chi connectivity index (χ4v) is 2.12. The Morgan fingerprint density at radius 2 is 1.52 bits per heavy atom. The lowest BCUT2D eigenvalue weighted by atomic mass is 10.1. The van der Waals surface area contributed by atoms with Crippen LogP contribution in [-0.2, 0) is 4.79 Å². The van der Waals surface area contributed by atoms with E-state index in [4.69, 9.17) is 0 Å². The molecule has 0 fully saturated rings. The van der Waals surface area contributed by atoms with E-state index in [1.54, 1.807) is 18.2 Å². The Morgan fingerprint density at radius 1 is 0.870 bits per heavy atom. The minimum Gasteiger partial charge on any atom is -0.268 e. The van der Waals surface area contributed by atoms with Gasteiger partial charge in [0.15, 0.2) is 0 Å². The number of nitrogens with one attached hydrogen (secondary N) is 2. The van der Waals surface area contributed by atoms with Gasteiger partial charge in [0, 0.05) is 11.6 Å². The molecule has 0 saturated heterocycles. The number of benzene rings is 2. The molecule has 0 spiro atoms. The number of rotatable bonds is 3. The van der Waals surface area contributed by atoms with Crippen LogP contribution in [0, 0.1) is 20.8 Å². The zero-order valence-electron chi connectivity index (χ0n) is 13.5. The molecule has 0 aliphatic rings. The molecular formula is C19H20N2O2. The highest BCUT2D eigenvalue weighted by Gasteiger charge is 2.05. The second kappa shape index (κ2) is 7.40. The highest BCUT2D eigenvalue weighted by atomic mass is 16.2. The molecule has 0 unspecified atom stereocenters. The van der Waals surface area contributed by atoms with E-state index >= 15 is 0 Å². The number of carbonyl (C=O) groups is 2. The van der Waals surface area contributed by atoms with E-state index in [0.29, 0.717) is 5.56 Å². The van der Waals surface area contributed by atoms with E-state index in [1.807, 2.05) is 45.0 Å². The third-order valence-electron chi connectivity index (χ3n) is 3.45. The van der Waals surface area contributed by atoms with Crippen LogP contribution in [0.5, 0.6) is 0 Å². The lowest BCUT2D eigenvalue weighted by molar-refractivity contribution is -0.117. The largest absolute Gasteiger partial charge is 0.269 e. The molecule has 2 N–H and O–H groups in total. The zero-order chi connectivity index (χ0) is 16.8. The number of amides is 2. The van der Waals surface area contributed by atoms with Crippen LogP contribution in [-0.4, -0.2) is 11.8 Å². The van der Waals surface area contributed by atoms with Crippen LogP contribution >= 0.6 is 0 Å². The second-order valence-corrected chi connectivity index (χ2v) is 5.50. The van der Waals surface area contributed by atoms with Crippen LogP contribution in [0.15, 0.2) is 48.5 Å². The molecule has 2 amide bonds. The second-order valence-electron chi connectivity index (χ2n) is 5.50. The van der Waals surface area contributed by atoms with Gasteiger partial charge in [0.2, 0.25) is 0 Å². The molecule has 0 aromatic heterocycles. The van der Waals surface area contributed by atoms with Gasteiger partial charge in [-0.2, -0.15) is 0 Å². The highest BCUT2D eigenvalue weighted by molar-refractivity contribution is 5.97. The standard InChI is InChI=1S/C19H20N2O2/c1-13-4-8-17(9-5-13)19(23)21-20-18(22)11-10-16-7-6-14(2)12-15(16)3/h4-12H,1-3H3,(H,20,22)(H,21,23)/b11-10+. The van der Waals surface area contributed by atoms with E-state index in [0.717, 1.165) is 16.7 Å². The Bertz CT molecular complexity index is 746. The predicted octanol–water partition coefficient (Wildman–Crippen LogP) is 3.09. The number of hydrazine groups is 1. The van der Waals surface area contributed by atoms with Crippen molar-refractivity contribution in [3.63, 3.8) is 0 Å². The van der Waals surface area contributed by atoms with Gasteiger partial charge in [-0.3, -0.25) is 20.4 Å². The van der Waals surface area contributed by atoms with Gasteiger partial charge in [-0.25, -0.2) is 0 Å². The molecule has 0 radical (unpaired) electrons. The Labute approximate surface area is 136 Å². The zero-order valence-corrected chi connectivity index (χ0v) is 13.5. The van der Waals surface area contributed by atoms with Gasteiger partial charge in [0.25, 0.3) is 11.8 Å². The lowest BCUT2D eigenvalue weighted by Crippen LogP contribution is -2.40. The molecular weight excluding hydrogens is 288 g/mol. The molecule has 4 heteroatoms. The number of hydrogen-bond donors (Lipinski definition) is 2. The van der Waals surface area contributed by atoms with Crippen molar-refractivity contribution < 1.29 is 9.59 Å². The van der Waals surface area contributed by atoms with Crippen LogP contribution < -0.4 is 10.9 Å². The quantitative estimate of drug-likeness (QED) is 0.676. The minimum absolute atomic E-state index is 0.349. The number of aryl methyl sites for hydroxylation is 3. The van der Waals surface area contributed by atoms with Gasteiger partial charge in [0.05, 0.1) is 0 Å². The topological polar surface area (TPSA) is 58.2 Å². The smallest absolute Gasteiger partial charge is 0.268 e. The van der Waals surface area contributed by atoms with Gasteiger partial charge in [-0.1, -0.05) is 41.5 Å². The third kappa shape index (κ3) is 4.81. The van der Waals surface area contributed by atoms with Crippen LogP contribution in [0.2, 0.25) is 0 Å². The van der Waals surface area contributed by atoms with Crippen molar-refractivity contribution in [2.75, 3.05) is 0 Å². The van der Waals surface area contributed by atoms with E-state index in [2.05, 4.69) is 16.9 Å². The summed E-state index contributed by atoms with van der Waals surface area (Å²) >= 11 is 0. The van der Waals surface area contributed by atoms with Crippen molar-refractivity contribution >= 4 is 17.9 Å². The van der Waals surface area contributed by atoms with Gasteiger partial charge in [0.1, 0.15) is 0 Å². The first-order valence-electron chi connectivity index (χ1n) is 7.38. The van der Waals surface area contributed by atoms with Gasteiger partial charge in [-0.05, 0) is 50.1 Å². The molecule has 4 nitrogen and oxygen atoms in total. The summed E-state index contributed by atoms with van der Waals surface area (Å²) in [6, 6.07) is 13.1. The first-order chi connectivity index (χ1) is 11.0. The fourth-order valence-electron chi connectivity index (χ4n) is 2.12. The van der Waals surface area contributed by atoms with Gasteiger partial charge >= 0.3 is 0 Å². The molecule has 0 heterocycles. The summed E-state index contributed by atoms with van der Waals surface area (Å²) in [6.45, 7) is 5.96. The van der Waals surface area contributed by atoms with Crippen molar-refractivity contribution in [3.05, 3.63) is 76.4 Å². The Balaban J connectivity index is 1.90. The van der Waals surface area contributed by atoms with E-state index in [-0.39, 0.29) is 11.8 Å². The maximum atomic E-state index is 11.9. The van der Waals surface area contributed by atoms with Crippen LogP contribution in [0.4, 0.5) is 0 Å². The summed E-state index contributed by atoms with van der Waals surface area (Å²) in [4.78, 5) is 23.6. The Hall–Kier alpha value is -2.88. The average Bonchev–Trinajstić information content (AvgIpc) is 2.52. The first-order valence-corrected chi connectivity index (χ1v) is 7.38. The molecule has 2 aromatic rings. The van der Waals surface area contributed by atoms with Gasteiger partial charge in [-0.15, -0.1) is 0 Å². The molecule has 23 heavy (non-hydrogen) atoms. The number of carbonyl (C=O) groups excluding carboxylic acids is 2. The molecule has 0 saturated carbocycles. The summed E-state index contributed by atoms with van der Waals surface area (Å²) < 4.78 is 0. The molecule has 118 valence electrons. The van der Waals surface area contributed by atoms with Gasteiger partial charge < -0.3 is 0 Å².